The molecule has 1 aliphatic heterocycles. The average Bonchev–Trinajstić information content (AvgIpc) is 3.41. The summed E-state index contributed by atoms with van der Waals surface area (Å²) in [5.41, 5.74) is 1.75. The molecule has 0 aliphatic carbocycles. The lowest BCUT2D eigenvalue weighted by atomic mass is 10.1. The SMILES string of the molecule is O=C(CN1CCN(C(=O)c2cc(-c3ccc(F)cc3)n[nH]2)CC1)c1cccs1. The summed E-state index contributed by atoms with van der Waals surface area (Å²) in [4.78, 5) is 29.5. The Labute approximate surface area is 165 Å². The Balaban J connectivity index is 1.34. The van der Waals surface area contributed by atoms with Crippen LogP contribution in [-0.2, 0) is 0 Å². The van der Waals surface area contributed by atoms with E-state index in [1.165, 1.54) is 23.5 Å². The van der Waals surface area contributed by atoms with Crippen molar-refractivity contribution in [2.75, 3.05) is 32.7 Å². The van der Waals surface area contributed by atoms with E-state index in [4.69, 9.17) is 0 Å². The van der Waals surface area contributed by atoms with E-state index in [9.17, 15) is 14.0 Å². The van der Waals surface area contributed by atoms with Gasteiger partial charge in [-0.3, -0.25) is 19.6 Å². The maximum Gasteiger partial charge on any atom is 0.271 e. The number of nitrogens with zero attached hydrogens (tertiary/aromatic N) is 3. The molecule has 1 fully saturated rings. The Kier molecular flexibility index (Phi) is 5.31. The summed E-state index contributed by atoms with van der Waals surface area (Å²) in [6, 6.07) is 11.4. The van der Waals surface area contributed by atoms with Crippen molar-refractivity contribution < 1.29 is 14.0 Å². The summed E-state index contributed by atoms with van der Waals surface area (Å²) in [5, 5.41) is 8.84. The van der Waals surface area contributed by atoms with Crippen LogP contribution in [0.4, 0.5) is 4.39 Å². The van der Waals surface area contributed by atoms with E-state index in [1.54, 1.807) is 23.1 Å². The van der Waals surface area contributed by atoms with Crippen molar-refractivity contribution in [1.82, 2.24) is 20.0 Å². The van der Waals surface area contributed by atoms with Crippen LogP contribution < -0.4 is 0 Å². The Morgan fingerprint density at radius 3 is 2.54 bits per heavy atom. The van der Waals surface area contributed by atoms with Gasteiger partial charge in [-0.1, -0.05) is 6.07 Å². The molecule has 4 rings (SSSR count). The summed E-state index contributed by atoms with van der Waals surface area (Å²) in [6.45, 7) is 2.80. The van der Waals surface area contributed by atoms with Crippen molar-refractivity contribution >= 4 is 23.0 Å². The number of nitrogens with one attached hydrogen (secondary N) is 1. The van der Waals surface area contributed by atoms with Gasteiger partial charge in [-0.25, -0.2) is 4.39 Å². The molecule has 1 saturated heterocycles. The largest absolute Gasteiger partial charge is 0.335 e. The third-order valence-electron chi connectivity index (χ3n) is 4.77. The van der Waals surface area contributed by atoms with Gasteiger partial charge in [0.15, 0.2) is 5.78 Å². The van der Waals surface area contributed by atoms with E-state index < -0.39 is 0 Å². The van der Waals surface area contributed by atoms with E-state index in [0.717, 1.165) is 10.4 Å². The van der Waals surface area contributed by atoms with Crippen LogP contribution in [0.2, 0.25) is 0 Å². The first kappa shape index (κ1) is 18.5. The van der Waals surface area contributed by atoms with Gasteiger partial charge in [0, 0.05) is 31.7 Å². The number of carbonyl (C=O) groups is 2. The fourth-order valence-electron chi connectivity index (χ4n) is 3.20. The van der Waals surface area contributed by atoms with Crippen LogP contribution in [0.5, 0.6) is 0 Å². The van der Waals surface area contributed by atoms with Crippen molar-refractivity contribution in [3.63, 3.8) is 0 Å². The maximum absolute atomic E-state index is 13.1. The number of hydrogen-bond acceptors (Lipinski definition) is 5. The number of aromatic amines is 1. The lowest BCUT2D eigenvalue weighted by Crippen LogP contribution is -2.49. The second kappa shape index (κ2) is 8.04. The number of benzene rings is 1. The molecular weight excluding hydrogens is 379 g/mol. The highest BCUT2D eigenvalue weighted by Crippen LogP contribution is 2.19. The molecule has 0 spiro atoms. The summed E-state index contributed by atoms with van der Waals surface area (Å²) < 4.78 is 13.1. The summed E-state index contributed by atoms with van der Waals surface area (Å²) in [7, 11) is 0. The van der Waals surface area contributed by atoms with E-state index in [2.05, 4.69) is 15.1 Å². The summed E-state index contributed by atoms with van der Waals surface area (Å²) >= 11 is 1.45. The molecule has 3 heterocycles. The predicted molar refractivity (Wildman–Crippen MR) is 105 cm³/mol. The lowest BCUT2D eigenvalue weighted by Gasteiger charge is -2.33. The molecule has 6 nitrogen and oxygen atoms in total. The van der Waals surface area contributed by atoms with E-state index in [-0.39, 0.29) is 17.5 Å². The monoisotopic (exact) mass is 398 g/mol. The van der Waals surface area contributed by atoms with E-state index >= 15 is 0 Å². The minimum absolute atomic E-state index is 0.118. The minimum atomic E-state index is -0.314. The van der Waals surface area contributed by atoms with Gasteiger partial charge < -0.3 is 4.90 Å². The van der Waals surface area contributed by atoms with Crippen LogP contribution in [0, 0.1) is 5.82 Å². The number of thiophene rings is 1. The van der Waals surface area contributed by atoms with Crippen LogP contribution in [0.3, 0.4) is 0 Å². The molecular formula is C20H19FN4O2S. The van der Waals surface area contributed by atoms with Crippen LogP contribution in [0.25, 0.3) is 11.3 Å². The molecule has 1 aromatic carbocycles. The highest BCUT2D eigenvalue weighted by Gasteiger charge is 2.25. The number of ketones is 1. The van der Waals surface area contributed by atoms with E-state index in [0.29, 0.717) is 44.1 Å². The molecule has 1 aliphatic rings. The highest BCUT2D eigenvalue weighted by atomic mass is 32.1. The third-order valence-corrected chi connectivity index (χ3v) is 5.68. The fraction of sp³-hybridized carbons (Fsp3) is 0.250. The van der Waals surface area contributed by atoms with Gasteiger partial charge in [0.2, 0.25) is 0 Å². The normalized spacial score (nSPS) is 15.0. The van der Waals surface area contributed by atoms with Crippen molar-refractivity contribution in [2.24, 2.45) is 0 Å². The number of rotatable bonds is 5. The second-order valence-corrected chi connectivity index (χ2v) is 7.59. The molecule has 144 valence electrons. The van der Waals surface area contributed by atoms with Crippen molar-refractivity contribution in [3.05, 3.63) is 64.2 Å². The number of hydrogen-bond donors (Lipinski definition) is 1. The second-order valence-electron chi connectivity index (χ2n) is 6.64. The molecule has 2 aromatic heterocycles. The van der Waals surface area contributed by atoms with Gasteiger partial charge in [0.1, 0.15) is 11.5 Å². The molecule has 0 unspecified atom stereocenters. The van der Waals surface area contributed by atoms with E-state index in [1.807, 2.05) is 17.5 Å². The molecule has 8 heteroatoms. The Hall–Kier alpha value is -2.84. The van der Waals surface area contributed by atoms with Crippen LogP contribution >= 0.6 is 11.3 Å². The van der Waals surface area contributed by atoms with Gasteiger partial charge in [-0.05, 0) is 41.8 Å². The number of amides is 1. The van der Waals surface area contributed by atoms with Gasteiger partial charge in [0.05, 0.1) is 17.1 Å². The molecule has 0 radical (unpaired) electrons. The lowest BCUT2D eigenvalue weighted by molar-refractivity contribution is 0.0619. The fourth-order valence-corrected chi connectivity index (χ4v) is 3.85. The molecule has 1 N–H and O–H groups in total. The molecule has 0 saturated carbocycles. The highest BCUT2D eigenvalue weighted by molar-refractivity contribution is 7.12. The average molecular weight is 398 g/mol. The van der Waals surface area contributed by atoms with Crippen LogP contribution in [-0.4, -0.2) is 64.4 Å². The molecule has 0 bridgehead atoms. The zero-order valence-corrected chi connectivity index (χ0v) is 15.9. The number of Topliss-reactive ketones (excluding diaryl/α,β-unsaturated/α-hetero) is 1. The van der Waals surface area contributed by atoms with Gasteiger partial charge in [-0.15, -0.1) is 11.3 Å². The number of aromatic nitrogens is 2. The van der Waals surface area contributed by atoms with Gasteiger partial charge >= 0.3 is 0 Å². The van der Waals surface area contributed by atoms with Crippen molar-refractivity contribution in [2.45, 2.75) is 0 Å². The predicted octanol–water partition coefficient (Wildman–Crippen LogP) is 2.92. The Bertz CT molecular complexity index is 961. The summed E-state index contributed by atoms with van der Waals surface area (Å²) in [5.74, 6) is -0.316. The molecule has 0 atom stereocenters. The Morgan fingerprint density at radius 2 is 1.86 bits per heavy atom. The Morgan fingerprint density at radius 1 is 1.11 bits per heavy atom. The zero-order chi connectivity index (χ0) is 19.5. The van der Waals surface area contributed by atoms with Crippen molar-refractivity contribution in [1.29, 1.82) is 0 Å². The number of H-pyrrole nitrogens is 1. The topological polar surface area (TPSA) is 69.3 Å². The maximum atomic E-state index is 13.1. The van der Waals surface area contributed by atoms with Crippen LogP contribution in [0.15, 0.2) is 47.8 Å². The first-order chi connectivity index (χ1) is 13.6. The van der Waals surface area contributed by atoms with Crippen LogP contribution in [0.1, 0.15) is 20.2 Å². The smallest absolute Gasteiger partial charge is 0.271 e. The third kappa shape index (κ3) is 4.02. The minimum Gasteiger partial charge on any atom is -0.335 e. The van der Waals surface area contributed by atoms with Gasteiger partial charge in [0.25, 0.3) is 5.91 Å². The first-order valence-corrected chi connectivity index (χ1v) is 9.88. The van der Waals surface area contributed by atoms with Crippen molar-refractivity contribution in [3.8, 4) is 11.3 Å². The quantitative estimate of drug-likeness (QED) is 0.671. The number of carbonyl (C=O) groups excluding carboxylic acids is 2. The first-order valence-electron chi connectivity index (χ1n) is 9.00. The molecule has 28 heavy (non-hydrogen) atoms. The molecule has 3 aromatic rings. The van der Waals surface area contributed by atoms with Gasteiger partial charge in [-0.2, -0.15) is 5.10 Å². The standard InChI is InChI=1S/C20H19FN4O2S/c21-15-5-3-14(4-6-15)16-12-17(23-22-16)20(27)25-9-7-24(8-10-25)13-18(26)19-2-1-11-28-19/h1-6,11-12H,7-10,13H2,(H,22,23). The molecule has 1 amide bonds. The number of piperazine rings is 1. The summed E-state index contributed by atoms with van der Waals surface area (Å²) in [6.07, 6.45) is 0. The number of halogens is 1. The zero-order valence-electron chi connectivity index (χ0n) is 15.1.